The van der Waals surface area contributed by atoms with E-state index in [0.717, 1.165) is 23.3 Å². The minimum Gasteiger partial charge on any atom is -0.364 e. The number of hydrogen-bond donors (Lipinski definition) is 2. The van der Waals surface area contributed by atoms with Gasteiger partial charge in [-0.05, 0) is 36.1 Å². The molecule has 0 aliphatic rings. The molecule has 1 aromatic heterocycles. The van der Waals surface area contributed by atoms with E-state index in [1.807, 2.05) is 30.3 Å². The summed E-state index contributed by atoms with van der Waals surface area (Å²) < 4.78 is 43.3. The second-order valence-electron chi connectivity index (χ2n) is 6.83. The molecule has 3 rings (SSSR count). The third kappa shape index (κ3) is 5.48. The molecular formula is C22H22F3N3O2. The van der Waals surface area contributed by atoms with Gasteiger partial charge < -0.3 is 9.84 Å². The van der Waals surface area contributed by atoms with Gasteiger partial charge in [0.1, 0.15) is 18.0 Å². The zero-order chi connectivity index (χ0) is 21.6. The third-order valence-electron chi connectivity index (χ3n) is 4.83. The fourth-order valence-electron chi connectivity index (χ4n) is 3.20. The van der Waals surface area contributed by atoms with Crippen molar-refractivity contribution in [2.24, 2.45) is 0 Å². The number of hydrogen-bond acceptors (Lipinski definition) is 4. The lowest BCUT2D eigenvalue weighted by Crippen LogP contribution is -2.38. The maximum Gasteiger partial charge on any atom is 0.416 e. The molecule has 0 fully saturated rings. The summed E-state index contributed by atoms with van der Waals surface area (Å²) in [5.74, 6) is -0.204. The van der Waals surface area contributed by atoms with Crippen LogP contribution in [0.2, 0.25) is 0 Å². The number of nitrogens with one attached hydrogen (secondary N) is 2. The quantitative estimate of drug-likeness (QED) is 0.569. The first-order valence-electron chi connectivity index (χ1n) is 9.47. The van der Waals surface area contributed by atoms with Crippen molar-refractivity contribution in [3.63, 3.8) is 0 Å². The summed E-state index contributed by atoms with van der Waals surface area (Å²) in [6.45, 7) is 0. The van der Waals surface area contributed by atoms with E-state index in [-0.39, 0.29) is 11.9 Å². The van der Waals surface area contributed by atoms with Gasteiger partial charge >= 0.3 is 6.18 Å². The first-order chi connectivity index (χ1) is 14.4. The number of likely N-dealkylation sites (N-methyl/N-ethyl adjacent to an activating group) is 1. The van der Waals surface area contributed by atoms with Crippen molar-refractivity contribution in [2.45, 2.75) is 31.1 Å². The number of benzene rings is 2. The van der Waals surface area contributed by atoms with Crippen molar-refractivity contribution in [3.05, 3.63) is 89.3 Å². The van der Waals surface area contributed by atoms with Gasteiger partial charge in [-0.3, -0.25) is 10.1 Å². The number of nitrogens with zero attached hydrogens (tertiary/aromatic N) is 1. The molecule has 8 heteroatoms. The summed E-state index contributed by atoms with van der Waals surface area (Å²) >= 11 is 0. The van der Waals surface area contributed by atoms with Crippen LogP contribution in [-0.4, -0.2) is 18.1 Å². The number of aromatic nitrogens is 1. The molecule has 0 aliphatic heterocycles. The fraction of sp³-hybridized carbons (Fsp3) is 0.273. The van der Waals surface area contributed by atoms with Crippen molar-refractivity contribution < 1.29 is 22.5 Å². The molecule has 3 aromatic rings. The first-order valence-corrected chi connectivity index (χ1v) is 9.47. The van der Waals surface area contributed by atoms with Crippen LogP contribution in [0.1, 0.15) is 40.9 Å². The van der Waals surface area contributed by atoms with Crippen molar-refractivity contribution in [3.8, 4) is 0 Å². The number of aryl methyl sites for hydroxylation is 1. The van der Waals surface area contributed by atoms with E-state index < -0.39 is 17.8 Å². The van der Waals surface area contributed by atoms with Gasteiger partial charge in [-0.15, -0.1) is 0 Å². The maximum absolute atomic E-state index is 12.8. The largest absolute Gasteiger partial charge is 0.416 e. The van der Waals surface area contributed by atoms with E-state index in [2.05, 4.69) is 15.8 Å². The van der Waals surface area contributed by atoms with E-state index in [9.17, 15) is 18.0 Å². The van der Waals surface area contributed by atoms with Gasteiger partial charge in [-0.2, -0.15) is 13.2 Å². The summed E-state index contributed by atoms with van der Waals surface area (Å²) in [4.78, 5) is 12.5. The highest BCUT2D eigenvalue weighted by atomic mass is 19.4. The number of carbonyl (C=O) groups excluding carboxylic acids is 1. The van der Waals surface area contributed by atoms with Crippen molar-refractivity contribution in [2.75, 3.05) is 7.05 Å². The summed E-state index contributed by atoms with van der Waals surface area (Å²) in [5, 5.41) is 9.96. The van der Waals surface area contributed by atoms with Gasteiger partial charge in [0.2, 0.25) is 5.91 Å². The average Bonchev–Trinajstić information content (AvgIpc) is 3.28. The third-order valence-corrected chi connectivity index (χ3v) is 4.83. The van der Waals surface area contributed by atoms with E-state index in [4.69, 9.17) is 4.52 Å². The topological polar surface area (TPSA) is 67.2 Å². The smallest absolute Gasteiger partial charge is 0.364 e. The molecule has 2 N–H and O–H groups in total. The van der Waals surface area contributed by atoms with Gasteiger partial charge in [0.25, 0.3) is 0 Å². The van der Waals surface area contributed by atoms with Gasteiger partial charge in [0.15, 0.2) is 0 Å². The minimum atomic E-state index is -4.36. The van der Waals surface area contributed by atoms with Crippen LogP contribution in [0.3, 0.4) is 0 Å². The molecule has 158 valence electrons. The Morgan fingerprint density at radius 3 is 2.33 bits per heavy atom. The molecule has 1 heterocycles. The highest BCUT2D eigenvalue weighted by molar-refractivity contribution is 5.82. The van der Waals surface area contributed by atoms with E-state index in [1.54, 1.807) is 13.1 Å². The molecule has 2 aromatic carbocycles. The lowest BCUT2D eigenvalue weighted by atomic mass is 9.99. The Morgan fingerprint density at radius 2 is 1.77 bits per heavy atom. The van der Waals surface area contributed by atoms with E-state index >= 15 is 0 Å². The Hall–Kier alpha value is -3.13. The SMILES string of the molecule is CNC(=O)C(NC(CCc1ccc(C(F)(F)F)cc1)c1ccon1)c1ccccc1. The Kier molecular flexibility index (Phi) is 6.89. The zero-order valence-electron chi connectivity index (χ0n) is 16.3. The normalized spacial score (nSPS) is 13.6. The summed E-state index contributed by atoms with van der Waals surface area (Å²) in [6, 6.07) is 15.1. The maximum atomic E-state index is 12.8. The molecule has 0 aliphatic carbocycles. The molecule has 0 saturated carbocycles. The highest BCUT2D eigenvalue weighted by Crippen LogP contribution is 2.30. The molecule has 2 atom stereocenters. The highest BCUT2D eigenvalue weighted by Gasteiger charge is 2.30. The van der Waals surface area contributed by atoms with Crippen LogP contribution < -0.4 is 10.6 Å². The molecule has 0 bridgehead atoms. The number of carbonyl (C=O) groups is 1. The van der Waals surface area contributed by atoms with Crippen LogP contribution in [0.4, 0.5) is 13.2 Å². The summed E-state index contributed by atoms with van der Waals surface area (Å²) in [5.41, 5.74) is 1.49. The number of alkyl halides is 3. The molecule has 0 saturated heterocycles. The molecule has 0 radical (unpaired) electrons. The van der Waals surface area contributed by atoms with Gasteiger partial charge in [0.05, 0.1) is 11.6 Å². The van der Waals surface area contributed by atoms with Crippen LogP contribution in [0.15, 0.2) is 71.4 Å². The molecule has 0 spiro atoms. The van der Waals surface area contributed by atoms with Crippen molar-refractivity contribution in [1.29, 1.82) is 0 Å². The predicted octanol–water partition coefficient (Wildman–Crippen LogP) is 4.44. The molecule has 5 nitrogen and oxygen atoms in total. The van der Waals surface area contributed by atoms with Crippen LogP contribution in [0, 0.1) is 0 Å². The monoisotopic (exact) mass is 417 g/mol. The average molecular weight is 417 g/mol. The number of rotatable bonds is 8. The summed E-state index contributed by atoms with van der Waals surface area (Å²) in [7, 11) is 1.56. The zero-order valence-corrected chi connectivity index (χ0v) is 16.3. The van der Waals surface area contributed by atoms with Crippen molar-refractivity contribution in [1.82, 2.24) is 15.8 Å². The Balaban J connectivity index is 1.77. The molecule has 30 heavy (non-hydrogen) atoms. The number of amides is 1. The predicted molar refractivity (Wildman–Crippen MR) is 105 cm³/mol. The second-order valence-corrected chi connectivity index (χ2v) is 6.83. The van der Waals surface area contributed by atoms with Crippen LogP contribution in [-0.2, 0) is 17.4 Å². The van der Waals surface area contributed by atoms with Crippen LogP contribution in [0.25, 0.3) is 0 Å². The van der Waals surface area contributed by atoms with Crippen LogP contribution in [0.5, 0.6) is 0 Å². The minimum absolute atomic E-state index is 0.204. The second kappa shape index (κ2) is 9.58. The lowest BCUT2D eigenvalue weighted by molar-refractivity contribution is -0.137. The fourth-order valence-corrected chi connectivity index (χ4v) is 3.20. The Labute approximate surface area is 172 Å². The van der Waals surface area contributed by atoms with Gasteiger partial charge in [0, 0.05) is 13.1 Å². The molecule has 2 unspecified atom stereocenters. The molecule has 1 amide bonds. The standard InChI is InChI=1S/C22H22F3N3O2/c1-26-21(29)20(16-5-3-2-4-6-16)27-18(19-13-14-30-28-19)12-9-15-7-10-17(11-8-15)22(23,24)25/h2-8,10-11,13-14,18,20,27H,9,12H2,1H3,(H,26,29). The van der Waals surface area contributed by atoms with Gasteiger partial charge in [-0.1, -0.05) is 47.6 Å². The van der Waals surface area contributed by atoms with Gasteiger partial charge in [-0.25, -0.2) is 0 Å². The van der Waals surface area contributed by atoms with Crippen LogP contribution >= 0.6 is 0 Å². The summed E-state index contributed by atoms with van der Waals surface area (Å²) in [6.07, 6.45) is -1.91. The van der Waals surface area contributed by atoms with E-state index in [0.29, 0.717) is 18.5 Å². The van der Waals surface area contributed by atoms with Crippen molar-refractivity contribution >= 4 is 5.91 Å². The number of halogens is 3. The van der Waals surface area contributed by atoms with E-state index in [1.165, 1.54) is 18.4 Å². The Morgan fingerprint density at radius 1 is 1.07 bits per heavy atom. The Bertz CT molecular complexity index is 927. The molecular weight excluding hydrogens is 395 g/mol. The lowest BCUT2D eigenvalue weighted by Gasteiger charge is -2.24. The first kappa shape index (κ1) is 21.6.